The number of benzene rings is 1. The first-order valence-corrected chi connectivity index (χ1v) is 10.2. The smallest absolute Gasteiger partial charge is 0.390 e. The summed E-state index contributed by atoms with van der Waals surface area (Å²) in [6.07, 6.45) is -5.27. The van der Waals surface area contributed by atoms with Gasteiger partial charge in [0.1, 0.15) is 0 Å². The normalized spacial score (nSPS) is 26.5. The summed E-state index contributed by atoms with van der Waals surface area (Å²) in [5.74, 6) is -0.226. The summed E-state index contributed by atoms with van der Waals surface area (Å²) < 4.78 is 63.7. The largest absolute Gasteiger partial charge is 0.395 e. The zero-order valence-corrected chi connectivity index (χ0v) is 15.3. The fraction of sp³-hybridized carbons (Fsp3) is 0.647. The molecule has 1 aromatic rings. The molecule has 1 aromatic carbocycles. The molecule has 2 aliphatic rings. The van der Waals surface area contributed by atoms with Crippen LogP contribution >= 0.6 is 0 Å². The number of sulfonamides is 1. The second-order valence-corrected chi connectivity index (χ2v) is 9.23. The molecule has 0 bridgehead atoms. The minimum atomic E-state index is -4.29. The van der Waals surface area contributed by atoms with Crippen LogP contribution in [-0.2, 0) is 10.0 Å². The number of alkyl halides is 3. The highest BCUT2D eigenvalue weighted by atomic mass is 32.2. The van der Waals surface area contributed by atoms with Crippen molar-refractivity contribution in [2.45, 2.75) is 37.0 Å². The summed E-state index contributed by atoms with van der Waals surface area (Å²) in [6, 6.07) is 8.86. The van der Waals surface area contributed by atoms with Crippen molar-refractivity contribution >= 4 is 10.0 Å². The van der Waals surface area contributed by atoms with Gasteiger partial charge in [0.25, 0.3) is 0 Å². The summed E-state index contributed by atoms with van der Waals surface area (Å²) in [5, 5.41) is 9.79. The Kier molecular flexibility index (Phi) is 5.11. The van der Waals surface area contributed by atoms with Gasteiger partial charge in [-0.1, -0.05) is 30.3 Å². The topological polar surface area (TPSA) is 60.9 Å². The van der Waals surface area contributed by atoms with Crippen molar-refractivity contribution in [2.75, 3.05) is 32.0 Å². The maximum atomic E-state index is 12.7. The van der Waals surface area contributed by atoms with Crippen LogP contribution in [0, 0.1) is 0 Å². The average molecular weight is 392 g/mol. The van der Waals surface area contributed by atoms with Gasteiger partial charge in [0.2, 0.25) is 10.0 Å². The Morgan fingerprint density at radius 1 is 1.23 bits per heavy atom. The van der Waals surface area contributed by atoms with Crippen molar-refractivity contribution in [3.8, 4) is 0 Å². The van der Waals surface area contributed by atoms with E-state index in [1.165, 1.54) is 4.31 Å². The van der Waals surface area contributed by atoms with Gasteiger partial charge in [-0.2, -0.15) is 17.5 Å². The highest BCUT2D eigenvalue weighted by molar-refractivity contribution is 7.89. The maximum Gasteiger partial charge on any atom is 0.390 e. The Bertz CT molecular complexity index is 733. The summed E-state index contributed by atoms with van der Waals surface area (Å²) >= 11 is 0. The second-order valence-electron chi connectivity index (χ2n) is 6.97. The van der Waals surface area contributed by atoms with Crippen molar-refractivity contribution in [3.05, 3.63) is 35.9 Å². The van der Waals surface area contributed by atoms with Crippen LogP contribution in [0.2, 0.25) is 0 Å². The van der Waals surface area contributed by atoms with Gasteiger partial charge >= 0.3 is 6.18 Å². The Balaban J connectivity index is 1.87. The summed E-state index contributed by atoms with van der Waals surface area (Å²) in [7, 11) is -3.38. The Labute approximate surface area is 151 Å². The molecular weight excluding hydrogens is 369 g/mol. The molecule has 3 rings (SSSR count). The van der Waals surface area contributed by atoms with Crippen LogP contribution in [0.3, 0.4) is 0 Å². The van der Waals surface area contributed by atoms with Gasteiger partial charge in [-0.25, -0.2) is 8.42 Å². The summed E-state index contributed by atoms with van der Waals surface area (Å²) in [6.45, 7) is 1.37. The third-order valence-electron chi connectivity index (χ3n) is 5.58. The molecule has 1 spiro atoms. The quantitative estimate of drug-likeness (QED) is 0.802. The van der Waals surface area contributed by atoms with Gasteiger partial charge in [0.15, 0.2) is 0 Å². The lowest BCUT2D eigenvalue weighted by molar-refractivity contribution is -0.194. The molecule has 2 atom stereocenters. The minimum absolute atomic E-state index is 0.0366. The Morgan fingerprint density at radius 3 is 2.35 bits per heavy atom. The van der Waals surface area contributed by atoms with Crippen LogP contribution in [0.1, 0.15) is 24.8 Å². The fourth-order valence-electron chi connectivity index (χ4n) is 4.32. The highest BCUT2D eigenvalue weighted by Crippen LogP contribution is 2.54. The van der Waals surface area contributed by atoms with E-state index in [-0.39, 0.29) is 37.9 Å². The maximum absolute atomic E-state index is 12.7. The molecule has 2 aliphatic heterocycles. The molecule has 0 aliphatic carbocycles. The number of hydrogen-bond donors (Lipinski definition) is 1. The van der Waals surface area contributed by atoms with E-state index in [0.717, 1.165) is 5.56 Å². The first-order chi connectivity index (χ1) is 12.1. The van der Waals surface area contributed by atoms with Crippen LogP contribution in [-0.4, -0.2) is 72.5 Å². The first kappa shape index (κ1) is 19.6. The lowest BCUT2D eigenvalue weighted by Crippen LogP contribution is -2.85. The molecule has 0 aromatic heterocycles. The van der Waals surface area contributed by atoms with Crippen LogP contribution in [0.4, 0.5) is 13.2 Å². The SMILES string of the molecule is CCS(=O)(=O)N1CC2(C1)[C@H](c1ccccc1)[C@H](CO)N2CCC(F)(F)F. The Morgan fingerprint density at radius 2 is 1.85 bits per heavy atom. The zero-order chi connectivity index (χ0) is 19.2. The van der Waals surface area contributed by atoms with E-state index in [1.807, 2.05) is 30.3 Å². The van der Waals surface area contributed by atoms with Crippen molar-refractivity contribution in [3.63, 3.8) is 0 Å². The molecule has 0 saturated carbocycles. The molecule has 26 heavy (non-hydrogen) atoms. The zero-order valence-electron chi connectivity index (χ0n) is 14.5. The van der Waals surface area contributed by atoms with E-state index >= 15 is 0 Å². The molecule has 2 saturated heterocycles. The standard InChI is InChI=1S/C17H23F3N2O3S/c1-2-26(24,25)21-11-16(12-21)15(13-6-4-3-5-7-13)14(10-23)22(16)9-8-17(18,19)20/h3-7,14-15,23H,2,8-12H2,1H3/t14-,15+/m0/s1. The van der Waals surface area contributed by atoms with Crippen LogP contribution in [0.5, 0.6) is 0 Å². The lowest BCUT2D eigenvalue weighted by atomic mass is 9.61. The number of aliphatic hydroxyl groups excluding tert-OH is 1. The molecule has 0 radical (unpaired) electrons. The summed E-state index contributed by atoms with van der Waals surface area (Å²) in [4.78, 5) is 1.65. The van der Waals surface area contributed by atoms with Gasteiger partial charge in [-0.05, 0) is 12.5 Å². The molecule has 0 unspecified atom stereocenters. The van der Waals surface area contributed by atoms with Crippen LogP contribution < -0.4 is 0 Å². The van der Waals surface area contributed by atoms with Gasteiger partial charge in [0, 0.05) is 31.6 Å². The van der Waals surface area contributed by atoms with Gasteiger partial charge in [-0.15, -0.1) is 0 Å². The van der Waals surface area contributed by atoms with E-state index < -0.39 is 34.2 Å². The molecular formula is C17H23F3N2O3S. The van der Waals surface area contributed by atoms with E-state index in [2.05, 4.69) is 0 Å². The number of likely N-dealkylation sites (tertiary alicyclic amines) is 1. The molecule has 0 amide bonds. The van der Waals surface area contributed by atoms with Gasteiger partial charge < -0.3 is 5.11 Å². The molecule has 5 nitrogen and oxygen atoms in total. The monoisotopic (exact) mass is 392 g/mol. The van der Waals surface area contributed by atoms with E-state index in [9.17, 15) is 26.7 Å². The number of hydrogen-bond acceptors (Lipinski definition) is 4. The van der Waals surface area contributed by atoms with E-state index in [1.54, 1.807) is 11.8 Å². The van der Waals surface area contributed by atoms with Gasteiger partial charge in [0.05, 0.1) is 24.3 Å². The van der Waals surface area contributed by atoms with Crippen molar-refractivity contribution in [1.29, 1.82) is 0 Å². The second kappa shape index (κ2) is 6.78. The highest BCUT2D eigenvalue weighted by Gasteiger charge is 2.67. The van der Waals surface area contributed by atoms with Crippen molar-refractivity contribution in [1.82, 2.24) is 9.21 Å². The number of halogens is 3. The molecule has 2 fully saturated rings. The molecule has 2 heterocycles. The van der Waals surface area contributed by atoms with E-state index in [4.69, 9.17) is 0 Å². The number of rotatable bonds is 6. The Hall–Kier alpha value is -1.16. The van der Waals surface area contributed by atoms with Gasteiger partial charge in [-0.3, -0.25) is 4.90 Å². The third-order valence-corrected chi connectivity index (χ3v) is 7.35. The fourth-order valence-corrected chi connectivity index (χ4v) is 5.52. The predicted molar refractivity (Wildman–Crippen MR) is 91.2 cm³/mol. The number of nitrogens with zero attached hydrogens (tertiary/aromatic N) is 2. The van der Waals surface area contributed by atoms with Crippen molar-refractivity contribution < 1.29 is 26.7 Å². The average Bonchev–Trinajstić information content (AvgIpc) is 2.52. The molecule has 146 valence electrons. The summed E-state index contributed by atoms with van der Waals surface area (Å²) in [5.41, 5.74) is 0.241. The lowest BCUT2D eigenvalue weighted by Gasteiger charge is -2.70. The van der Waals surface area contributed by atoms with Crippen LogP contribution in [0.25, 0.3) is 0 Å². The van der Waals surface area contributed by atoms with Crippen molar-refractivity contribution in [2.24, 2.45) is 0 Å². The predicted octanol–water partition coefficient (Wildman–Crippen LogP) is 1.80. The van der Waals surface area contributed by atoms with E-state index in [0.29, 0.717) is 0 Å². The number of aliphatic hydroxyl groups is 1. The molecule has 9 heteroatoms. The first-order valence-electron chi connectivity index (χ1n) is 8.62. The molecule has 1 N–H and O–H groups in total. The van der Waals surface area contributed by atoms with Crippen LogP contribution in [0.15, 0.2) is 30.3 Å². The minimum Gasteiger partial charge on any atom is -0.395 e. The third kappa shape index (κ3) is 3.26.